The van der Waals surface area contributed by atoms with Gasteiger partial charge < -0.3 is 5.32 Å². The van der Waals surface area contributed by atoms with Crippen molar-refractivity contribution in [3.63, 3.8) is 0 Å². The fourth-order valence-corrected chi connectivity index (χ4v) is 1.79. The van der Waals surface area contributed by atoms with Crippen molar-refractivity contribution in [1.29, 1.82) is 0 Å². The van der Waals surface area contributed by atoms with Gasteiger partial charge in [-0.3, -0.25) is 4.79 Å². The average Bonchev–Trinajstić information content (AvgIpc) is 2.41. The first-order valence-corrected chi connectivity index (χ1v) is 6.31. The average molecular weight is 278 g/mol. The molecule has 0 aromatic heterocycles. The van der Waals surface area contributed by atoms with Crippen LogP contribution in [0.1, 0.15) is 16.8 Å². The Balaban J connectivity index is 1.84. The highest BCUT2D eigenvalue weighted by Crippen LogP contribution is 2.12. The summed E-state index contributed by atoms with van der Waals surface area (Å²) in [5.74, 6) is -0.228. The number of ketones is 1. The van der Waals surface area contributed by atoms with Crippen molar-refractivity contribution >= 4 is 23.1 Å². The zero-order valence-electron chi connectivity index (χ0n) is 10.2. The van der Waals surface area contributed by atoms with Gasteiger partial charge in [0.05, 0.1) is 0 Å². The zero-order valence-corrected chi connectivity index (χ0v) is 11.0. The molecule has 0 saturated heterocycles. The number of rotatable bonds is 5. The molecule has 2 aromatic carbocycles. The van der Waals surface area contributed by atoms with E-state index < -0.39 is 0 Å². The van der Waals surface area contributed by atoms with E-state index in [1.807, 2.05) is 0 Å². The van der Waals surface area contributed by atoms with E-state index in [0.29, 0.717) is 23.6 Å². The minimum absolute atomic E-state index is 0.0475. The predicted molar refractivity (Wildman–Crippen MR) is 75.3 cm³/mol. The van der Waals surface area contributed by atoms with Gasteiger partial charge in [-0.15, -0.1) is 0 Å². The normalized spacial score (nSPS) is 10.2. The Labute approximate surface area is 116 Å². The van der Waals surface area contributed by atoms with Crippen molar-refractivity contribution in [3.05, 3.63) is 64.9 Å². The van der Waals surface area contributed by atoms with Crippen molar-refractivity contribution in [2.45, 2.75) is 6.42 Å². The van der Waals surface area contributed by atoms with Crippen LogP contribution in [-0.2, 0) is 0 Å². The standard InChI is InChI=1S/C15H13ClFNO/c16-12-3-1-11(2-4-12)15(19)9-10-18-14-7-5-13(17)6-8-14/h1-8,18H,9-10H2. The predicted octanol–water partition coefficient (Wildman–Crippen LogP) is 4.16. The minimum Gasteiger partial charge on any atom is -0.385 e. The molecule has 2 aromatic rings. The van der Waals surface area contributed by atoms with Crippen molar-refractivity contribution in [2.24, 2.45) is 0 Å². The van der Waals surface area contributed by atoms with E-state index in [1.165, 1.54) is 12.1 Å². The Hall–Kier alpha value is -1.87. The van der Waals surface area contributed by atoms with Crippen LogP contribution in [0.15, 0.2) is 48.5 Å². The van der Waals surface area contributed by atoms with Gasteiger partial charge >= 0.3 is 0 Å². The first-order valence-electron chi connectivity index (χ1n) is 5.93. The third-order valence-electron chi connectivity index (χ3n) is 2.69. The Morgan fingerprint density at radius 3 is 2.32 bits per heavy atom. The van der Waals surface area contributed by atoms with Crippen molar-refractivity contribution in [2.75, 3.05) is 11.9 Å². The highest BCUT2D eigenvalue weighted by molar-refractivity contribution is 6.30. The molecule has 0 atom stereocenters. The van der Waals surface area contributed by atoms with Gasteiger partial charge in [-0.25, -0.2) is 4.39 Å². The van der Waals surface area contributed by atoms with Crippen LogP contribution in [-0.4, -0.2) is 12.3 Å². The molecule has 0 unspecified atom stereocenters. The smallest absolute Gasteiger partial charge is 0.164 e. The van der Waals surface area contributed by atoms with Gasteiger partial charge in [-0.1, -0.05) is 11.6 Å². The van der Waals surface area contributed by atoms with Crippen LogP contribution >= 0.6 is 11.6 Å². The summed E-state index contributed by atoms with van der Waals surface area (Å²) >= 11 is 5.76. The fourth-order valence-electron chi connectivity index (χ4n) is 1.67. The second kappa shape index (κ2) is 6.34. The zero-order chi connectivity index (χ0) is 13.7. The lowest BCUT2D eigenvalue weighted by atomic mass is 10.1. The summed E-state index contributed by atoms with van der Waals surface area (Å²) in [6.07, 6.45) is 0.374. The van der Waals surface area contributed by atoms with Gasteiger partial charge in [0.15, 0.2) is 5.78 Å². The first kappa shape index (κ1) is 13.6. The van der Waals surface area contributed by atoms with Crippen LogP contribution in [0.25, 0.3) is 0 Å². The number of carbonyl (C=O) groups excluding carboxylic acids is 1. The Bertz CT molecular complexity index is 551. The van der Waals surface area contributed by atoms with Crippen molar-refractivity contribution < 1.29 is 9.18 Å². The molecule has 98 valence electrons. The van der Waals surface area contributed by atoms with E-state index in [4.69, 9.17) is 11.6 Å². The van der Waals surface area contributed by atoms with E-state index in [9.17, 15) is 9.18 Å². The second-order valence-corrected chi connectivity index (χ2v) is 4.55. The summed E-state index contributed by atoms with van der Waals surface area (Å²) in [7, 11) is 0. The number of nitrogens with one attached hydrogen (secondary N) is 1. The Morgan fingerprint density at radius 2 is 1.68 bits per heavy atom. The highest BCUT2D eigenvalue weighted by atomic mass is 35.5. The SMILES string of the molecule is O=C(CCNc1ccc(F)cc1)c1ccc(Cl)cc1. The molecule has 0 saturated carbocycles. The number of hydrogen-bond acceptors (Lipinski definition) is 2. The Kier molecular flexibility index (Phi) is 4.53. The molecule has 0 bridgehead atoms. The fraction of sp³-hybridized carbons (Fsp3) is 0.133. The number of benzene rings is 2. The molecule has 0 amide bonds. The van der Waals surface area contributed by atoms with E-state index in [1.54, 1.807) is 36.4 Å². The molecule has 0 aliphatic heterocycles. The van der Waals surface area contributed by atoms with Gasteiger partial charge in [0, 0.05) is 29.2 Å². The molecular formula is C15H13ClFNO. The number of hydrogen-bond donors (Lipinski definition) is 1. The maximum absolute atomic E-state index is 12.7. The van der Waals surface area contributed by atoms with Gasteiger partial charge in [0.1, 0.15) is 5.82 Å². The van der Waals surface area contributed by atoms with Crippen LogP contribution < -0.4 is 5.32 Å². The largest absolute Gasteiger partial charge is 0.385 e. The molecule has 0 aliphatic carbocycles. The maximum Gasteiger partial charge on any atom is 0.164 e. The van der Waals surface area contributed by atoms with Crippen LogP contribution in [0.5, 0.6) is 0 Å². The van der Waals surface area contributed by atoms with E-state index in [-0.39, 0.29) is 11.6 Å². The highest BCUT2D eigenvalue weighted by Gasteiger charge is 2.05. The minimum atomic E-state index is -0.275. The Morgan fingerprint density at radius 1 is 1.05 bits per heavy atom. The van der Waals surface area contributed by atoms with Crippen LogP contribution in [0.3, 0.4) is 0 Å². The number of Topliss-reactive ketones (excluding diaryl/α,β-unsaturated/α-hetero) is 1. The monoisotopic (exact) mass is 277 g/mol. The van der Waals surface area contributed by atoms with Gasteiger partial charge in [-0.2, -0.15) is 0 Å². The van der Waals surface area contributed by atoms with E-state index >= 15 is 0 Å². The molecule has 0 heterocycles. The van der Waals surface area contributed by atoms with Crippen molar-refractivity contribution in [3.8, 4) is 0 Å². The van der Waals surface area contributed by atoms with Gasteiger partial charge in [-0.05, 0) is 48.5 Å². The summed E-state index contributed by atoms with van der Waals surface area (Å²) in [6.45, 7) is 0.507. The summed E-state index contributed by atoms with van der Waals surface area (Å²) < 4.78 is 12.7. The topological polar surface area (TPSA) is 29.1 Å². The van der Waals surface area contributed by atoms with Crippen LogP contribution in [0, 0.1) is 5.82 Å². The molecule has 0 radical (unpaired) electrons. The summed E-state index contributed by atoms with van der Waals surface area (Å²) in [6, 6.07) is 12.9. The second-order valence-electron chi connectivity index (χ2n) is 4.11. The third-order valence-corrected chi connectivity index (χ3v) is 2.94. The molecule has 2 nitrogen and oxygen atoms in total. The van der Waals surface area contributed by atoms with Gasteiger partial charge in [0.2, 0.25) is 0 Å². The van der Waals surface area contributed by atoms with Crippen molar-refractivity contribution in [1.82, 2.24) is 0 Å². The molecule has 4 heteroatoms. The van der Waals surface area contributed by atoms with E-state index in [0.717, 1.165) is 5.69 Å². The molecule has 19 heavy (non-hydrogen) atoms. The molecule has 1 N–H and O–H groups in total. The lowest BCUT2D eigenvalue weighted by Crippen LogP contribution is -2.08. The molecule has 0 fully saturated rings. The van der Waals surface area contributed by atoms with E-state index in [2.05, 4.69) is 5.32 Å². The summed E-state index contributed by atoms with van der Waals surface area (Å²) in [5, 5.41) is 3.68. The number of carbonyl (C=O) groups is 1. The lowest BCUT2D eigenvalue weighted by Gasteiger charge is -2.06. The van der Waals surface area contributed by atoms with Crippen LogP contribution in [0.4, 0.5) is 10.1 Å². The lowest BCUT2D eigenvalue weighted by molar-refractivity contribution is 0.0986. The molecule has 2 rings (SSSR count). The molecule has 0 aliphatic rings. The molecule has 0 spiro atoms. The number of halogens is 2. The summed E-state index contributed by atoms with van der Waals surface area (Å²) in [5.41, 5.74) is 1.44. The molecular weight excluding hydrogens is 265 g/mol. The maximum atomic E-state index is 12.7. The number of anilines is 1. The summed E-state index contributed by atoms with van der Waals surface area (Å²) in [4.78, 5) is 11.9. The van der Waals surface area contributed by atoms with Gasteiger partial charge in [0.25, 0.3) is 0 Å². The van der Waals surface area contributed by atoms with Crippen LogP contribution in [0.2, 0.25) is 5.02 Å². The first-order chi connectivity index (χ1) is 9.15. The third kappa shape index (κ3) is 4.07. The quantitative estimate of drug-likeness (QED) is 0.831.